The Kier molecular flexibility index (Phi) is 3.99. The molecule has 3 heteroatoms. The Morgan fingerprint density at radius 3 is 2.84 bits per heavy atom. The van der Waals surface area contributed by atoms with Crippen molar-refractivity contribution in [1.82, 2.24) is 5.32 Å². The van der Waals surface area contributed by atoms with Crippen molar-refractivity contribution in [1.29, 1.82) is 0 Å². The first-order chi connectivity index (χ1) is 9.26. The molecule has 2 nitrogen and oxygen atoms in total. The number of nitrogens with one attached hydrogen (secondary N) is 1. The molecule has 0 amide bonds. The van der Waals surface area contributed by atoms with Crippen molar-refractivity contribution in [3.8, 4) is 5.75 Å². The van der Waals surface area contributed by atoms with Gasteiger partial charge in [-0.2, -0.15) is 0 Å². The molecular formula is C16H22ClNO. The normalized spacial score (nSPS) is 28.8. The molecule has 1 aromatic rings. The molecule has 2 aliphatic rings. The molecule has 3 rings (SSSR count). The minimum absolute atomic E-state index is 0.696. The number of methoxy groups -OCH3 is 1. The Hall–Kier alpha value is -0.730. The Balaban J connectivity index is 1.48. The highest BCUT2D eigenvalue weighted by Crippen LogP contribution is 2.47. The van der Waals surface area contributed by atoms with Crippen molar-refractivity contribution < 1.29 is 4.74 Å². The molecule has 3 atom stereocenters. The van der Waals surface area contributed by atoms with Crippen LogP contribution in [0.25, 0.3) is 0 Å². The van der Waals surface area contributed by atoms with Gasteiger partial charge < -0.3 is 10.1 Å². The van der Waals surface area contributed by atoms with Crippen molar-refractivity contribution >= 4 is 11.6 Å². The number of benzene rings is 1. The fourth-order valence-corrected chi connectivity index (χ4v) is 4.13. The van der Waals surface area contributed by atoms with E-state index >= 15 is 0 Å². The minimum atomic E-state index is 0.696. The van der Waals surface area contributed by atoms with Crippen LogP contribution in [0.1, 0.15) is 31.2 Å². The van der Waals surface area contributed by atoms with Gasteiger partial charge in [0.15, 0.2) is 0 Å². The fraction of sp³-hybridized carbons (Fsp3) is 0.625. The van der Waals surface area contributed by atoms with Gasteiger partial charge in [-0.3, -0.25) is 0 Å². The van der Waals surface area contributed by atoms with E-state index in [9.17, 15) is 0 Å². The van der Waals surface area contributed by atoms with Gasteiger partial charge in [0.2, 0.25) is 0 Å². The van der Waals surface area contributed by atoms with E-state index in [1.54, 1.807) is 7.11 Å². The Labute approximate surface area is 120 Å². The zero-order valence-corrected chi connectivity index (χ0v) is 12.2. The van der Waals surface area contributed by atoms with Crippen molar-refractivity contribution in [2.45, 2.75) is 32.2 Å². The van der Waals surface area contributed by atoms with Crippen LogP contribution in [0.4, 0.5) is 0 Å². The molecule has 2 fully saturated rings. The Bertz CT molecular complexity index is 448. The molecule has 0 heterocycles. The summed E-state index contributed by atoms with van der Waals surface area (Å²) in [5.74, 6) is 3.69. The molecule has 0 aromatic heterocycles. The highest BCUT2D eigenvalue weighted by Gasteiger charge is 2.38. The molecule has 1 N–H and O–H groups in total. The first-order valence-corrected chi connectivity index (χ1v) is 7.67. The first kappa shape index (κ1) is 13.3. The third kappa shape index (κ3) is 2.90. The van der Waals surface area contributed by atoms with Gasteiger partial charge in [-0.15, -0.1) is 0 Å². The lowest BCUT2D eigenvalue weighted by Gasteiger charge is -2.22. The average molecular weight is 280 g/mol. The topological polar surface area (TPSA) is 21.3 Å². The quantitative estimate of drug-likeness (QED) is 0.883. The predicted octanol–water partition coefficient (Wildman–Crippen LogP) is 3.87. The van der Waals surface area contributed by atoms with Crippen LogP contribution in [0.15, 0.2) is 18.2 Å². The van der Waals surface area contributed by atoms with Crippen molar-refractivity contribution in [2.75, 3.05) is 13.7 Å². The molecule has 2 bridgehead atoms. The van der Waals surface area contributed by atoms with Gasteiger partial charge >= 0.3 is 0 Å². The smallest absolute Gasteiger partial charge is 0.137 e. The maximum absolute atomic E-state index is 6.13. The largest absolute Gasteiger partial charge is 0.495 e. The standard InChI is InChI=1S/C16H22ClNO/c1-19-16-5-3-12(8-15(16)17)9-18-10-14-7-11-2-4-13(14)6-11/h3,5,8,11,13-14,18H,2,4,6-7,9-10H2,1H3. The van der Waals surface area contributed by atoms with Gasteiger partial charge in [0, 0.05) is 6.54 Å². The zero-order valence-electron chi connectivity index (χ0n) is 11.5. The molecule has 1 aromatic carbocycles. The van der Waals surface area contributed by atoms with Crippen LogP contribution in [0, 0.1) is 17.8 Å². The van der Waals surface area contributed by atoms with Gasteiger partial charge in [0.1, 0.15) is 5.75 Å². The van der Waals surface area contributed by atoms with Gasteiger partial charge in [-0.1, -0.05) is 24.1 Å². The predicted molar refractivity (Wildman–Crippen MR) is 78.6 cm³/mol. The number of hydrogen-bond donors (Lipinski definition) is 1. The van der Waals surface area contributed by atoms with Crippen LogP contribution in [-0.2, 0) is 6.54 Å². The molecule has 2 saturated carbocycles. The zero-order chi connectivity index (χ0) is 13.2. The minimum Gasteiger partial charge on any atom is -0.495 e. The van der Waals surface area contributed by atoms with E-state index in [0.29, 0.717) is 5.02 Å². The highest BCUT2D eigenvalue weighted by atomic mass is 35.5. The molecule has 2 aliphatic carbocycles. The van der Waals surface area contributed by atoms with Crippen LogP contribution in [0.2, 0.25) is 5.02 Å². The lowest BCUT2D eigenvalue weighted by molar-refractivity contribution is 0.318. The SMILES string of the molecule is COc1ccc(CNCC2CC3CCC2C3)cc1Cl. The van der Waals surface area contributed by atoms with Crippen LogP contribution in [-0.4, -0.2) is 13.7 Å². The van der Waals surface area contributed by atoms with Crippen molar-refractivity contribution in [3.63, 3.8) is 0 Å². The summed E-state index contributed by atoms with van der Waals surface area (Å²) in [4.78, 5) is 0. The lowest BCUT2D eigenvalue weighted by atomic mass is 9.89. The molecule has 19 heavy (non-hydrogen) atoms. The second kappa shape index (κ2) is 5.72. The van der Waals surface area contributed by atoms with E-state index in [-0.39, 0.29) is 0 Å². The van der Waals surface area contributed by atoms with Crippen molar-refractivity contribution in [2.24, 2.45) is 17.8 Å². The fourth-order valence-electron chi connectivity index (χ4n) is 3.85. The highest BCUT2D eigenvalue weighted by molar-refractivity contribution is 6.32. The van der Waals surface area contributed by atoms with E-state index in [4.69, 9.17) is 16.3 Å². The first-order valence-electron chi connectivity index (χ1n) is 7.29. The van der Waals surface area contributed by atoms with E-state index < -0.39 is 0 Å². The Morgan fingerprint density at radius 1 is 1.32 bits per heavy atom. The third-order valence-electron chi connectivity index (χ3n) is 4.84. The van der Waals surface area contributed by atoms with Gasteiger partial charge in [-0.25, -0.2) is 0 Å². The average Bonchev–Trinajstić information content (AvgIpc) is 3.01. The summed E-state index contributed by atoms with van der Waals surface area (Å²) in [7, 11) is 1.65. The van der Waals surface area contributed by atoms with E-state index in [2.05, 4.69) is 11.4 Å². The summed E-state index contributed by atoms with van der Waals surface area (Å²) >= 11 is 6.13. The lowest BCUT2D eigenvalue weighted by Crippen LogP contribution is -2.26. The molecule has 0 radical (unpaired) electrons. The summed E-state index contributed by atoms with van der Waals surface area (Å²) < 4.78 is 5.17. The third-order valence-corrected chi connectivity index (χ3v) is 5.13. The summed E-state index contributed by atoms with van der Waals surface area (Å²) in [5.41, 5.74) is 1.23. The van der Waals surface area contributed by atoms with E-state index in [0.717, 1.165) is 36.6 Å². The number of fused-ring (bicyclic) bond motifs is 2. The maximum Gasteiger partial charge on any atom is 0.137 e. The van der Waals surface area contributed by atoms with Gasteiger partial charge in [0.25, 0.3) is 0 Å². The van der Waals surface area contributed by atoms with Crippen LogP contribution in [0.5, 0.6) is 5.75 Å². The molecule has 3 unspecified atom stereocenters. The molecular weight excluding hydrogens is 258 g/mol. The molecule has 0 spiro atoms. The number of halogens is 1. The van der Waals surface area contributed by atoms with Crippen molar-refractivity contribution in [3.05, 3.63) is 28.8 Å². The molecule has 104 valence electrons. The Morgan fingerprint density at radius 2 is 2.21 bits per heavy atom. The van der Waals surface area contributed by atoms with Crippen LogP contribution in [0.3, 0.4) is 0 Å². The molecule has 0 saturated heterocycles. The summed E-state index contributed by atoms with van der Waals surface area (Å²) in [5, 5.41) is 4.29. The molecule has 0 aliphatic heterocycles. The monoisotopic (exact) mass is 279 g/mol. The van der Waals surface area contributed by atoms with E-state index in [1.807, 2.05) is 12.1 Å². The van der Waals surface area contributed by atoms with Crippen LogP contribution < -0.4 is 10.1 Å². The summed E-state index contributed by atoms with van der Waals surface area (Å²) in [6.07, 6.45) is 5.88. The van der Waals surface area contributed by atoms with E-state index in [1.165, 1.54) is 31.2 Å². The number of hydrogen-bond acceptors (Lipinski definition) is 2. The number of rotatable bonds is 5. The van der Waals surface area contributed by atoms with Gasteiger partial charge in [0.05, 0.1) is 12.1 Å². The second-order valence-corrected chi connectivity index (χ2v) is 6.44. The summed E-state index contributed by atoms with van der Waals surface area (Å²) in [6, 6.07) is 6.02. The second-order valence-electron chi connectivity index (χ2n) is 6.03. The van der Waals surface area contributed by atoms with Crippen LogP contribution >= 0.6 is 11.6 Å². The number of ether oxygens (including phenoxy) is 1. The van der Waals surface area contributed by atoms with Gasteiger partial charge in [-0.05, 0) is 61.3 Å². The maximum atomic E-state index is 6.13. The summed E-state index contributed by atoms with van der Waals surface area (Å²) in [6.45, 7) is 2.06.